The highest BCUT2D eigenvalue weighted by Crippen LogP contribution is 2.39. The van der Waals surface area contributed by atoms with Crippen LogP contribution in [0.1, 0.15) is 34.1 Å². The Morgan fingerprint density at radius 3 is 2.61 bits per heavy atom. The number of nitrogens with one attached hydrogen (secondary N) is 1. The van der Waals surface area contributed by atoms with E-state index in [9.17, 15) is 9.59 Å². The predicted molar refractivity (Wildman–Crippen MR) is 119 cm³/mol. The molecular formula is C24H21ClN2O4. The van der Waals surface area contributed by atoms with Gasteiger partial charge in [-0.3, -0.25) is 14.6 Å². The molecule has 31 heavy (non-hydrogen) atoms. The highest BCUT2D eigenvalue weighted by molar-refractivity contribution is 6.32. The molecule has 0 radical (unpaired) electrons. The van der Waals surface area contributed by atoms with Gasteiger partial charge in [0.1, 0.15) is 5.75 Å². The number of nitrogens with zero attached hydrogens (tertiary/aromatic N) is 1. The maximum absolute atomic E-state index is 13.1. The standard InChI is InChI=1S/C24H21ClN2O4/c1-3-31-21(28)12-15-11-19(26-13-14-8-9-20(30-2)18(25)10-14)22-23(27-15)16-6-4-5-7-17(16)24(22)29/h4-11H,3,12-13H2,1-2H3,(H,26,27). The Hall–Kier alpha value is -3.38. The molecule has 0 aliphatic heterocycles. The number of rotatable bonds is 7. The summed E-state index contributed by atoms with van der Waals surface area (Å²) in [4.78, 5) is 29.7. The molecule has 6 nitrogen and oxygen atoms in total. The number of methoxy groups -OCH3 is 1. The summed E-state index contributed by atoms with van der Waals surface area (Å²) in [6.45, 7) is 2.49. The average molecular weight is 437 g/mol. The predicted octanol–water partition coefficient (Wildman–Crippen LogP) is 4.67. The lowest BCUT2D eigenvalue weighted by molar-refractivity contribution is -0.142. The number of benzene rings is 2. The maximum Gasteiger partial charge on any atom is 0.311 e. The third-order valence-corrected chi connectivity index (χ3v) is 5.35. The van der Waals surface area contributed by atoms with E-state index in [1.807, 2.05) is 30.3 Å². The van der Waals surface area contributed by atoms with Gasteiger partial charge in [-0.25, -0.2) is 0 Å². The van der Waals surface area contributed by atoms with Gasteiger partial charge in [0, 0.05) is 23.4 Å². The molecule has 1 aliphatic rings. The van der Waals surface area contributed by atoms with Crippen LogP contribution in [-0.4, -0.2) is 30.5 Å². The van der Waals surface area contributed by atoms with Gasteiger partial charge < -0.3 is 14.8 Å². The Morgan fingerprint density at radius 1 is 1.13 bits per heavy atom. The smallest absolute Gasteiger partial charge is 0.311 e. The number of carbonyl (C=O) groups excluding carboxylic acids is 2. The van der Waals surface area contributed by atoms with Crippen LogP contribution in [0.2, 0.25) is 5.02 Å². The van der Waals surface area contributed by atoms with Gasteiger partial charge in [-0.1, -0.05) is 41.9 Å². The number of pyridine rings is 1. The van der Waals surface area contributed by atoms with Gasteiger partial charge in [0.25, 0.3) is 0 Å². The first-order valence-corrected chi connectivity index (χ1v) is 10.3. The molecule has 0 unspecified atom stereocenters. The van der Waals surface area contributed by atoms with E-state index < -0.39 is 0 Å². The fourth-order valence-corrected chi connectivity index (χ4v) is 3.93. The zero-order valence-corrected chi connectivity index (χ0v) is 18.0. The monoisotopic (exact) mass is 436 g/mol. The van der Waals surface area contributed by atoms with E-state index >= 15 is 0 Å². The molecule has 0 atom stereocenters. The maximum atomic E-state index is 13.1. The molecule has 3 aromatic rings. The number of aromatic nitrogens is 1. The van der Waals surface area contributed by atoms with Gasteiger partial charge in [0.15, 0.2) is 5.78 Å². The summed E-state index contributed by atoms with van der Waals surface area (Å²) in [6, 6.07) is 14.6. The third-order valence-electron chi connectivity index (χ3n) is 5.06. The number of anilines is 1. The van der Waals surface area contributed by atoms with Crippen molar-refractivity contribution >= 4 is 29.0 Å². The number of carbonyl (C=O) groups is 2. The van der Waals surface area contributed by atoms with Crippen LogP contribution in [0.15, 0.2) is 48.5 Å². The van der Waals surface area contributed by atoms with E-state index in [-0.39, 0.29) is 18.2 Å². The molecule has 0 amide bonds. The lowest BCUT2D eigenvalue weighted by Crippen LogP contribution is -2.12. The highest BCUT2D eigenvalue weighted by Gasteiger charge is 2.31. The van der Waals surface area contributed by atoms with Crippen LogP contribution in [-0.2, 0) is 22.5 Å². The summed E-state index contributed by atoms with van der Waals surface area (Å²) in [5.41, 5.74) is 4.55. The first-order valence-electron chi connectivity index (χ1n) is 9.91. The first-order chi connectivity index (χ1) is 15.0. The second-order valence-corrected chi connectivity index (χ2v) is 7.47. The minimum Gasteiger partial charge on any atom is -0.495 e. The van der Waals surface area contributed by atoms with Crippen molar-refractivity contribution < 1.29 is 19.1 Å². The van der Waals surface area contributed by atoms with Gasteiger partial charge in [-0.15, -0.1) is 0 Å². The summed E-state index contributed by atoms with van der Waals surface area (Å²) in [5.74, 6) is 0.147. The summed E-state index contributed by atoms with van der Waals surface area (Å²) < 4.78 is 10.3. The number of esters is 1. The van der Waals surface area contributed by atoms with E-state index in [4.69, 9.17) is 21.1 Å². The van der Waals surface area contributed by atoms with Crippen molar-refractivity contribution in [1.29, 1.82) is 0 Å². The third kappa shape index (κ3) is 4.11. The molecule has 2 aromatic carbocycles. The molecule has 1 aliphatic carbocycles. The van der Waals surface area contributed by atoms with Gasteiger partial charge in [-0.2, -0.15) is 0 Å². The largest absolute Gasteiger partial charge is 0.495 e. The molecule has 4 rings (SSSR count). The first kappa shape index (κ1) is 20.9. The van der Waals surface area contributed by atoms with Crippen LogP contribution in [0.5, 0.6) is 5.75 Å². The molecule has 0 bridgehead atoms. The van der Waals surface area contributed by atoms with Crippen LogP contribution in [0.3, 0.4) is 0 Å². The van der Waals surface area contributed by atoms with Crippen molar-refractivity contribution in [3.63, 3.8) is 0 Å². The Bertz CT molecular complexity index is 1180. The van der Waals surface area contributed by atoms with Crippen molar-refractivity contribution in [3.05, 3.63) is 75.9 Å². The molecule has 1 aromatic heterocycles. The van der Waals surface area contributed by atoms with Gasteiger partial charge in [0.2, 0.25) is 0 Å². The molecule has 7 heteroatoms. The average Bonchev–Trinajstić information content (AvgIpc) is 3.05. The summed E-state index contributed by atoms with van der Waals surface area (Å²) in [7, 11) is 1.56. The van der Waals surface area contributed by atoms with E-state index in [0.29, 0.717) is 52.1 Å². The molecule has 0 fully saturated rings. The van der Waals surface area contributed by atoms with Crippen molar-refractivity contribution in [2.75, 3.05) is 19.0 Å². The van der Waals surface area contributed by atoms with Crippen molar-refractivity contribution in [3.8, 4) is 17.0 Å². The SMILES string of the molecule is CCOC(=O)Cc1cc(NCc2ccc(OC)c(Cl)c2)c2c(n1)-c1ccccc1C2=O. The van der Waals surface area contributed by atoms with Crippen molar-refractivity contribution in [2.24, 2.45) is 0 Å². The Morgan fingerprint density at radius 2 is 1.90 bits per heavy atom. The zero-order valence-electron chi connectivity index (χ0n) is 17.2. The van der Waals surface area contributed by atoms with E-state index in [1.165, 1.54) is 0 Å². The number of ketones is 1. The Balaban J connectivity index is 1.70. The van der Waals surface area contributed by atoms with Gasteiger partial charge in [-0.05, 0) is 30.7 Å². The number of hydrogen-bond acceptors (Lipinski definition) is 6. The summed E-state index contributed by atoms with van der Waals surface area (Å²) >= 11 is 6.23. The quantitative estimate of drug-likeness (QED) is 0.424. The lowest BCUT2D eigenvalue weighted by atomic mass is 10.1. The van der Waals surface area contributed by atoms with E-state index in [2.05, 4.69) is 10.3 Å². The van der Waals surface area contributed by atoms with Crippen molar-refractivity contribution in [1.82, 2.24) is 4.98 Å². The van der Waals surface area contributed by atoms with Crippen LogP contribution < -0.4 is 10.1 Å². The number of fused-ring (bicyclic) bond motifs is 3. The zero-order chi connectivity index (χ0) is 22.0. The topological polar surface area (TPSA) is 77.5 Å². The fraction of sp³-hybridized carbons (Fsp3) is 0.208. The summed E-state index contributed by atoms with van der Waals surface area (Å²) in [5, 5.41) is 3.83. The minimum absolute atomic E-state index is 0.0283. The van der Waals surface area contributed by atoms with E-state index in [1.54, 1.807) is 32.2 Å². The molecule has 0 saturated heterocycles. The Labute approximate surface area is 185 Å². The van der Waals surface area contributed by atoms with E-state index in [0.717, 1.165) is 11.1 Å². The molecule has 1 N–H and O–H groups in total. The van der Waals surface area contributed by atoms with Crippen LogP contribution in [0, 0.1) is 0 Å². The van der Waals surface area contributed by atoms with Crippen LogP contribution >= 0.6 is 11.6 Å². The second kappa shape index (κ2) is 8.78. The van der Waals surface area contributed by atoms with Crippen LogP contribution in [0.25, 0.3) is 11.3 Å². The van der Waals surface area contributed by atoms with Gasteiger partial charge in [0.05, 0.1) is 42.1 Å². The molecular weight excluding hydrogens is 416 g/mol. The lowest BCUT2D eigenvalue weighted by Gasteiger charge is -2.14. The number of halogens is 1. The van der Waals surface area contributed by atoms with Gasteiger partial charge >= 0.3 is 5.97 Å². The minimum atomic E-state index is -0.361. The molecule has 0 spiro atoms. The molecule has 158 valence electrons. The number of hydrogen-bond donors (Lipinski definition) is 1. The Kier molecular flexibility index (Phi) is 5.91. The van der Waals surface area contributed by atoms with Crippen molar-refractivity contribution in [2.45, 2.75) is 19.9 Å². The normalized spacial score (nSPS) is 11.6. The highest BCUT2D eigenvalue weighted by atomic mass is 35.5. The van der Waals surface area contributed by atoms with Crippen LogP contribution in [0.4, 0.5) is 5.69 Å². The number of ether oxygens (including phenoxy) is 2. The molecule has 0 saturated carbocycles. The molecule has 1 heterocycles. The second-order valence-electron chi connectivity index (χ2n) is 7.06. The fourth-order valence-electron chi connectivity index (χ4n) is 3.65. The summed E-state index contributed by atoms with van der Waals surface area (Å²) in [6.07, 6.45) is 0.0283.